The van der Waals surface area contributed by atoms with Gasteiger partial charge in [-0.2, -0.15) is 0 Å². The minimum Gasteiger partial charge on any atom is -0.368 e. The van der Waals surface area contributed by atoms with Crippen LogP contribution in [-0.4, -0.2) is 44.7 Å². The highest BCUT2D eigenvalue weighted by Crippen LogP contribution is 2.15. The molecule has 0 spiro atoms. The molecule has 0 aromatic heterocycles. The van der Waals surface area contributed by atoms with E-state index in [1.807, 2.05) is 0 Å². The number of ether oxygens (including phenoxy) is 1. The van der Waals surface area contributed by atoms with Crippen LogP contribution in [0.1, 0.15) is 23.2 Å². The second kappa shape index (κ2) is 7.75. The Labute approximate surface area is 124 Å². The van der Waals surface area contributed by atoms with Crippen LogP contribution < -0.4 is 16.0 Å². The lowest BCUT2D eigenvalue weighted by atomic mass is 10.1. The van der Waals surface area contributed by atoms with E-state index in [9.17, 15) is 9.59 Å². The Morgan fingerprint density at radius 2 is 2.00 bits per heavy atom. The Balaban J connectivity index is 1.88. The lowest BCUT2D eigenvalue weighted by Gasteiger charge is -2.22. The highest BCUT2D eigenvalue weighted by atomic mass is 16.5. The van der Waals surface area contributed by atoms with E-state index in [1.54, 1.807) is 31.3 Å². The lowest BCUT2D eigenvalue weighted by Crippen LogP contribution is -2.34. The first kappa shape index (κ1) is 15.5. The molecule has 114 valence electrons. The number of amides is 2. The number of benzene rings is 1. The molecule has 1 aromatic rings. The Bertz CT molecular complexity index is 499. The molecule has 0 bridgehead atoms. The fourth-order valence-corrected chi connectivity index (χ4v) is 2.27. The number of rotatable bonds is 5. The van der Waals surface area contributed by atoms with Crippen molar-refractivity contribution in [3.05, 3.63) is 29.8 Å². The summed E-state index contributed by atoms with van der Waals surface area (Å²) in [5, 5.41) is 8.52. The van der Waals surface area contributed by atoms with Crippen molar-refractivity contribution >= 4 is 17.5 Å². The Hall–Kier alpha value is -1.92. The van der Waals surface area contributed by atoms with Gasteiger partial charge in [0.05, 0.1) is 17.4 Å². The van der Waals surface area contributed by atoms with Gasteiger partial charge in [0.15, 0.2) is 0 Å². The van der Waals surface area contributed by atoms with Crippen molar-refractivity contribution in [3.63, 3.8) is 0 Å². The first-order valence-electron chi connectivity index (χ1n) is 7.14. The van der Waals surface area contributed by atoms with E-state index in [0.29, 0.717) is 11.3 Å². The topological polar surface area (TPSA) is 79.5 Å². The van der Waals surface area contributed by atoms with Crippen molar-refractivity contribution < 1.29 is 14.3 Å². The number of hydrogen-bond acceptors (Lipinski definition) is 4. The van der Waals surface area contributed by atoms with Crippen LogP contribution in [0, 0.1) is 0 Å². The number of piperidine rings is 1. The number of carbonyl (C=O) groups is 2. The van der Waals surface area contributed by atoms with E-state index in [0.717, 1.165) is 25.9 Å². The van der Waals surface area contributed by atoms with Gasteiger partial charge in [-0.15, -0.1) is 0 Å². The van der Waals surface area contributed by atoms with Gasteiger partial charge >= 0.3 is 0 Å². The number of carbonyl (C=O) groups excluding carboxylic acids is 2. The van der Waals surface area contributed by atoms with Gasteiger partial charge in [0.1, 0.15) is 6.61 Å². The molecular formula is C15H21N3O3. The van der Waals surface area contributed by atoms with Crippen molar-refractivity contribution in [2.45, 2.75) is 18.9 Å². The summed E-state index contributed by atoms with van der Waals surface area (Å²) in [6.07, 6.45) is 1.97. The first-order valence-corrected chi connectivity index (χ1v) is 7.14. The molecule has 1 aliphatic heterocycles. The average Bonchev–Trinajstić information content (AvgIpc) is 2.54. The Kier molecular flexibility index (Phi) is 5.71. The van der Waals surface area contributed by atoms with Crippen LogP contribution in [0.3, 0.4) is 0 Å². The molecule has 0 aliphatic carbocycles. The van der Waals surface area contributed by atoms with Crippen molar-refractivity contribution in [3.8, 4) is 0 Å². The third kappa shape index (κ3) is 4.54. The van der Waals surface area contributed by atoms with Gasteiger partial charge in [0.25, 0.3) is 5.91 Å². The minimum atomic E-state index is -0.245. The lowest BCUT2D eigenvalue weighted by molar-refractivity contribution is -0.123. The molecule has 0 saturated carbocycles. The first-order chi connectivity index (χ1) is 10.2. The molecule has 1 aromatic carbocycles. The molecule has 6 nitrogen and oxygen atoms in total. The number of anilines is 1. The Morgan fingerprint density at radius 1 is 1.29 bits per heavy atom. The maximum Gasteiger partial charge on any atom is 0.253 e. The standard InChI is InChI=1S/C15H21N3O3/c1-16-15(20)12-4-2-3-5-13(12)18-14(19)10-21-11-6-8-17-9-7-11/h2-5,11,17H,6-10H2,1H3,(H,16,20)(H,18,19). The smallest absolute Gasteiger partial charge is 0.253 e. The Morgan fingerprint density at radius 3 is 2.71 bits per heavy atom. The number of para-hydroxylation sites is 1. The van der Waals surface area contributed by atoms with Crippen LogP contribution in [0.25, 0.3) is 0 Å². The third-order valence-electron chi connectivity index (χ3n) is 3.41. The molecule has 1 aliphatic rings. The second-order valence-corrected chi connectivity index (χ2v) is 4.93. The zero-order valence-electron chi connectivity index (χ0n) is 12.1. The third-order valence-corrected chi connectivity index (χ3v) is 3.41. The monoisotopic (exact) mass is 291 g/mol. The molecule has 1 fully saturated rings. The zero-order valence-corrected chi connectivity index (χ0v) is 12.1. The molecule has 1 saturated heterocycles. The zero-order chi connectivity index (χ0) is 15.1. The molecule has 2 amide bonds. The van der Waals surface area contributed by atoms with E-state index in [1.165, 1.54) is 0 Å². The van der Waals surface area contributed by atoms with Gasteiger partial charge in [-0.1, -0.05) is 12.1 Å². The molecule has 0 radical (unpaired) electrons. The van der Waals surface area contributed by atoms with Crippen molar-refractivity contribution in [2.75, 3.05) is 32.1 Å². The van der Waals surface area contributed by atoms with Gasteiger partial charge in [-0.3, -0.25) is 9.59 Å². The summed E-state index contributed by atoms with van der Waals surface area (Å²) >= 11 is 0. The largest absolute Gasteiger partial charge is 0.368 e. The predicted molar refractivity (Wildman–Crippen MR) is 80.3 cm³/mol. The van der Waals surface area contributed by atoms with E-state index in [-0.39, 0.29) is 24.5 Å². The van der Waals surface area contributed by atoms with Crippen LogP contribution >= 0.6 is 0 Å². The maximum absolute atomic E-state index is 11.9. The molecule has 0 unspecified atom stereocenters. The number of nitrogens with one attached hydrogen (secondary N) is 3. The van der Waals surface area contributed by atoms with Crippen LogP contribution in [0.5, 0.6) is 0 Å². The number of hydrogen-bond donors (Lipinski definition) is 3. The molecule has 21 heavy (non-hydrogen) atoms. The normalized spacial score (nSPS) is 15.5. The summed E-state index contributed by atoms with van der Waals surface area (Å²) < 4.78 is 5.59. The average molecular weight is 291 g/mol. The summed E-state index contributed by atoms with van der Waals surface area (Å²) in [6.45, 7) is 1.85. The summed E-state index contributed by atoms with van der Waals surface area (Å²) in [4.78, 5) is 23.7. The SMILES string of the molecule is CNC(=O)c1ccccc1NC(=O)COC1CCNCC1. The highest BCUT2D eigenvalue weighted by Gasteiger charge is 2.16. The quantitative estimate of drug-likeness (QED) is 0.748. The summed E-state index contributed by atoms with van der Waals surface area (Å²) in [5.41, 5.74) is 0.936. The summed E-state index contributed by atoms with van der Waals surface area (Å²) in [5.74, 6) is -0.477. The fourth-order valence-electron chi connectivity index (χ4n) is 2.27. The minimum absolute atomic E-state index is 0.00669. The summed E-state index contributed by atoms with van der Waals surface area (Å²) in [6, 6.07) is 6.90. The molecular weight excluding hydrogens is 270 g/mol. The molecule has 0 atom stereocenters. The van der Waals surface area contributed by atoms with Crippen LogP contribution in [0.2, 0.25) is 0 Å². The maximum atomic E-state index is 11.9. The van der Waals surface area contributed by atoms with E-state index in [2.05, 4.69) is 16.0 Å². The summed E-state index contributed by atoms with van der Waals surface area (Å²) in [7, 11) is 1.56. The molecule has 2 rings (SSSR count). The highest BCUT2D eigenvalue weighted by molar-refractivity contribution is 6.03. The second-order valence-electron chi connectivity index (χ2n) is 4.93. The molecule has 1 heterocycles. The van der Waals surface area contributed by atoms with Crippen LogP contribution in [0.15, 0.2) is 24.3 Å². The van der Waals surface area contributed by atoms with Crippen molar-refractivity contribution in [1.29, 1.82) is 0 Å². The van der Waals surface area contributed by atoms with Gasteiger partial charge in [0.2, 0.25) is 5.91 Å². The fraction of sp³-hybridized carbons (Fsp3) is 0.467. The van der Waals surface area contributed by atoms with Gasteiger partial charge < -0.3 is 20.7 Å². The van der Waals surface area contributed by atoms with Gasteiger partial charge in [-0.05, 0) is 38.1 Å². The van der Waals surface area contributed by atoms with Crippen molar-refractivity contribution in [1.82, 2.24) is 10.6 Å². The van der Waals surface area contributed by atoms with Gasteiger partial charge in [-0.25, -0.2) is 0 Å². The van der Waals surface area contributed by atoms with E-state index < -0.39 is 0 Å². The molecule has 3 N–H and O–H groups in total. The predicted octanol–water partition coefficient (Wildman–Crippen LogP) is 0.753. The van der Waals surface area contributed by atoms with Crippen molar-refractivity contribution in [2.24, 2.45) is 0 Å². The van der Waals surface area contributed by atoms with Gasteiger partial charge in [0, 0.05) is 7.05 Å². The molecule has 6 heteroatoms. The van der Waals surface area contributed by atoms with Crippen LogP contribution in [-0.2, 0) is 9.53 Å². The van der Waals surface area contributed by atoms with Crippen LogP contribution in [0.4, 0.5) is 5.69 Å². The van der Waals surface area contributed by atoms with E-state index in [4.69, 9.17) is 4.74 Å². The van der Waals surface area contributed by atoms with E-state index >= 15 is 0 Å².